The van der Waals surface area contributed by atoms with E-state index in [4.69, 9.17) is 4.74 Å². The summed E-state index contributed by atoms with van der Waals surface area (Å²) in [5.74, 6) is 0.707. The number of carbonyl (C=O) groups excluding carboxylic acids is 1. The van der Waals surface area contributed by atoms with Crippen LogP contribution in [0.2, 0.25) is 0 Å². The van der Waals surface area contributed by atoms with E-state index in [1.54, 1.807) is 0 Å². The van der Waals surface area contributed by atoms with Gasteiger partial charge in [0.05, 0.1) is 18.6 Å². The van der Waals surface area contributed by atoms with Gasteiger partial charge in [-0.3, -0.25) is 9.69 Å². The Morgan fingerprint density at radius 2 is 2.04 bits per heavy atom. The fourth-order valence-corrected chi connectivity index (χ4v) is 4.97. The molecule has 1 unspecified atom stereocenters. The average molecular weight is 357 g/mol. The number of nitrogens with zero attached hydrogens (tertiary/aromatic N) is 1. The number of amides is 1. The van der Waals surface area contributed by atoms with Gasteiger partial charge in [0.1, 0.15) is 0 Å². The third-order valence-electron chi connectivity index (χ3n) is 6.73. The van der Waals surface area contributed by atoms with Gasteiger partial charge in [-0.1, -0.05) is 25.0 Å². The summed E-state index contributed by atoms with van der Waals surface area (Å²) >= 11 is 0. The van der Waals surface area contributed by atoms with Crippen LogP contribution in [-0.2, 0) is 9.53 Å². The normalized spacial score (nSPS) is 30.6. The molecule has 1 aliphatic carbocycles. The molecule has 5 nitrogen and oxygen atoms in total. The number of morpholine rings is 1. The van der Waals surface area contributed by atoms with Crippen LogP contribution in [0.1, 0.15) is 44.2 Å². The van der Waals surface area contributed by atoms with Crippen LogP contribution in [0.5, 0.6) is 0 Å². The molecule has 4 rings (SSSR count). The molecule has 0 spiro atoms. The molecular formula is C21H31N3O2. The topological polar surface area (TPSA) is 53.6 Å². The predicted molar refractivity (Wildman–Crippen MR) is 103 cm³/mol. The highest BCUT2D eigenvalue weighted by Crippen LogP contribution is 2.44. The molecule has 0 radical (unpaired) electrons. The van der Waals surface area contributed by atoms with Crippen molar-refractivity contribution in [2.24, 2.45) is 11.3 Å². The monoisotopic (exact) mass is 357 g/mol. The van der Waals surface area contributed by atoms with Gasteiger partial charge in [0.2, 0.25) is 5.91 Å². The van der Waals surface area contributed by atoms with Gasteiger partial charge in [-0.05, 0) is 49.9 Å². The minimum Gasteiger partial charge on any atom is -0.379 e. The van der Waals surface area contributed by atoms with Crippen molar-refractivity contribution in [2.45, 2.75) is 38.6 Å². The van der Waals surface area contributed by atoms with E-state index >= 15 is 0 Å². The minimum absolute atomic E-state index is 0.196. The molecule has 0 bridgehead atoms. The fraction of sp³-hybridized carbons (Fsp3) is 0.667. The third-order valence-corrected chi connectivity index (χ3v) is 6.73. The summed E-state index contributed by atoms with van der Waals surface area (Å²) in [7, 11) is 0. The van der Waals surface area contributed by atoms with Gasteiger partial charge in [0.15, 0.2) is 0 Å². The smallest absolute Gasteiger partial charge is 0.232 e. The number of benzene rings is 1. The van der Waals surface area contributed by atoms with Gasteiger partial charge in [-0.25, -0.2) is 0 Å². The Labute approximate surface area is 156 Å². The summed E-state index contributed by atoms with van der Waals surface area (Å²) in [4.78, 5) is 15.5. The van der Waals surface area contributed by atoms with Crippen molar-refractivity contribution in [3.8, 4) is 0 Å². The van der Waals surface area contributed by atoms with Gasteiger partial charge in [0, 0.05) is 31.4 Å². The van der Waals surface area contributed by atoms with Crippen LogP contribution < -0.4 is 10.6 Å². The van der Waals surface area contributed by atoms with Crippen molar-refractivity contribution in [2.75, 3.05) is 44.7 Å². The van der Waals surface area contributed by atoms with E-state index in [1.165, 1.54) is 24.8 Å². The molecule has 1 aromatic rings. The number of ether oxygens (including phenoxy) is 1. The van der Waals surface area contributed by atoms with Crippen LogP contribution in [0.4, 0.5) is 5.69 Å². The molecule has 0 aromatic heterocycles. The van der Waals surface area contributed by atoms with Crippen LogP contribution in [0.15, 0.2) is 24.3 Å². The summed E-state index contributed by atoms with van der Waals surface area (Å²) in [5.41, 5.74) is 2.01. The zero-order valence-electron chi connectivity index (χ0n) is 15.8. The first-order valence-electron chi connectivity index (χ1n) is 10.1. The minimum atomic E-state index is -0.196. The molecule has 5 heteroatoms. The lowest BCUT2D eigenvalue weighted by molar-refractivity contribution is -0.128. The molecule has 3 atom stereocenters. The number of anilines is 1. The summed E-state index contributed by atoms with van der Waals surface area (Å²) < 4.78 is 5.45. The van der Waals surface area contributed by atoms with E-state index in [1.807, 2.05) is 0 Å². The van der Waals surface area contributed by atoms with Crippen LogP contribution in [0.25, 0.3) is 0 Å². The molecule has 2 saturated heterocycles. The Morgan fingerprint density at radius 3 is 2.81 bits per heavy atom. The van der Waals surface area contributed by atoms with E-state index in [0.29, 0.717) is 12.0 Å². The van der Waals surface area contributed by atoms with E-state index in [0.717, 1.165) is 51.5 Å². The molecule has 1 aromatic carbocycles. The lowest BCUT2D eigenvalue weighted by Gasteiger charge is -2.37. The zero-order valence-corrected chi connectivity index (χ0v) is 15.8. The lowest BCUT2D eigenvalue weighted by atomic mass is 9.67. The fourth-order valence-electron chi connectivity index (χ4n) is 4.97. The standard InChI is InChI=1S/C21H31N3O2/c1-16(24-10-12-26-13-11-24)17-5-7-19(8-6-17)23-20(25)21-9-3-2-4-18(21)14-22-15-21/h5-8,16,18,22H,2-4,9-15H2,1H3,(H,23,25)/t16?,18-,21+/m0/s1. The molecule has 26 heavy (non-hydrogen) atoms. The van der Waals surface area contributed by atoms with Crippen LogP contribution in [0.3, 0.4) is 0 Å². The van der Waals surface area contributed by atoms with Crippen molar-refractivity contribution in [1.29, 1.82) is 0 Å². The quantitative estimate of drug-likeness (QED) is 0.870. The first-order chi connectivity index (χ1) is 12.7. The number of fused-ring (bicyclic) bond motifs is 1. The SMILES string of the molecule is CC(c1ccc(NC(=O)[C@@]23CCCC[C@H]2CNC3)cc1)N1CCOCC1. The third kappa shape index (κ3) is 3.40. The number of hydrogen-bond donors (Lipinski definition) is 2. The summed E-state index contributed by atoms with van der Waals surface area (Å²) in [6.45, 7) is 7.66. The van der Waals surface area contributed by atoms with Gasteiger partial charge in [-0.2, -0.15) is 0 Å². The molecule has 2 N–H and O–H groups in total. The number of carbonyl (C=O) groups is 1. The average Bonchev–Trinajstić information content (AvgIpc) is 3.14. The number of rotatable bonds is 4. The van der Waals surface area contributed by atoms with Crippen molar-refractivity contribution < 1.29 is 9.53 Å². The first-order valence-corrected chi connectivity index (χ1v) is 10.1. The lowest BCUT2D eigenvalue weighted by Crippen LogP contribution is -2.44. The number of nitrogens with one attached hydrogen (secondary N) is 2. The van der Waals surface area contributed by atoms with E-state index in [9.17, 15) is 4.79 Å². The Kier molecular flexibility index (Phi) is 5.30. The predicted octanol–water partition coefficient (Wildman–Crippen LogP) is 2.80. The Hall–Kier alpha value is -1.43. The van der Waals surface area contributed by atoms with E-state index in [-0.39, 0.29) is 11.3 Å². The highest BCUT2D eigenvalue weighted by molar-refractivity contribution is 5.96. The second kappa shape index (κ2) is 7.67. The van der Waals surface area contributed by atoms with Gasteiger partial charge in [-0.15, -0.1) is 0 Å². The molecule has 2 heterocycles. The molecule has 1 saturated carbocycles. The largest absolute Gasteiger partial charge is 0.379 e. The Morgan fingerprint density at radius 1 is 1.27 bits per heavy atom. The zero-order chi connectivity index (χ0) is 18.0. The van der Waals surface area contributed by atoms with Crippen molar-refractivity contribution >= 4 is 11.6 Å². The maximum absolute atomic E-state index is 13.1. The van der Waals surface area contributed by atoms with Crippen molar-refractivity contribution in [1.82, 2.24) is 10.2 Å². The summed E-state index contributed by atoms with van der Waals surface area (Å²) in [6.07, 6.45) is 4.62. The van der Waals surface area contributed by atoms with Crippen molar-refractivity contribution in [3.63, 3.8) is 0 Å². The molecule has 3 aliphatic rings. The molecule has 142 valence electrons. The maximum Gasteiger partial charge on any atom is 0.232 e. The summed E-state index contributed by atoms with van der Waals surface area (Å²) in [5, 5.41) is 6.66. The van der Waals surface area contributed by atoms with E-state index < -0.39 is 0 Å². The Bertz CT molecular complexity index is 627. The maximum atomic E-state index is 13.1. The molecule has 3 fully saturated rings. The summed E-state index contributed by atoms with van der Waals surface area (Å²) in [6, 6.07) is 8.79. The van der Waals surface area contributed by atoms with Crippen LogP contribution in [-0.4, -0.2) is 50.2 Å². The van der Waals surface area contributed by atoms with Gasteiger partial charge >= 0.3 is 0 Å². The Balaban J connectivity index is 1.41. The second-order valence-corrected chi connectivity index (χ2v) is 8.13. The van der Waals surface area contributed by atoms with Crippen LogP contribution in [0, 0.1) is 11.3 Å². The van der Waals surface area contributed by atoms with Gasteiger partial charge < -0.3 is 15.4 Å². The molecule has 1 amide bonds. The highest BCUT2D eigenvalue weighted by atomic mass is 16.5. The van der Waals surface area contributed by atoms with Crippen LogP contribution >= 0.6 is 0 Å². The number of hydrogen-bond acceptors (Lipinski definition) is 4. The molecular weight excluding hydrogens is 326 g/mol. The molecule has 2 aliphatic heterocycles. The van der Waals surface area contributed by atoms with Crippen molar-refractivity contribution in [3.05, 3.63) is 29.8 Å². The second-order valence-electron chi connectivity index (χ2n) is 8.13. The van der Waals surface area contributed by atoms with E-state index in [2.05, 4.69) is 46.7 Å². The van der Waals surface area contributed by atoms with Gasteiger partial charge in [0.25, 0.3) is 0 Å². The highest BCUT2D eigenvalue weighted by Gasteiger charge is 2.49. The first kappa shape index (κ1) is 18.0.